The maximum Gasteiger partial charge on any atom is 0.245 e. The number of rotatable bonds is 8. The molecule has 2 rings (SSSR count). The van der Waals surface area contributed by atoms with Crippen LogP contribution in [0.5, 0.6) is 0 Å². The SMILES string of the molecule is CCCCc1ccc(NC(=O)CN(c2cc(Cl)c(Cl)cc2Cl)S(C)(=O)=O)cc1. The van der Waals surface area contributed by atoms with Gasteiger partial charge in [0.05, 0.1) is 27.0 Å². The Kier molecular flexibility index (Phi) is 8.01. The van der Waals surface area contributed by atoms with Crippen LogP contribution >= 0.6 is 34.8 Å². The Morgan fingerprint density at radius 2 is 1.64 bits per heavy atom. The van der Waals surface area contributed by atoms with Crippen molar-refractivity contribution in [2.75, 3.05) is 22.4 Å². The number of halogens is 3. The Morgan fingerprint density at radius 3 is 2.21 bits per heavy atom. The van der Waals surface area contributed by atoms with Gasteiger partial charge in [-0.1, -0.05) is 60.3 Å². The lowest BCUT2D eigenvalue weighted by atomic mass is 10.1. The summed E-state index contributed by atoms with van der Waals surface area (Å²) in [6, 6.07) is 10.1. The van der Waals surface area contributed by atoms with Crippen LogP contribution in [-0.4, -0.2) is 27.1 Å². The molecule has 0 bridgehead atoms. The van der Waals surface area contributed by atoms with Crippen LogP contribution < -0.4 is 9.62 Å². The van der Waals surface area contributed by atoms with Crippen molar-refractivity contribution in [2.24, 2.45) is 0 Å². The smallest absolute Gasteiger partial charge is 0.245 e. The van der Waals surface area contributed by atoms with Gasteiger partial charge in [-0.3, -0.25) is 9.10 Å². The monoisotopic (exact) mass is 462 g/mol. The zero-order valence-corrected chi connectivity index (χ0v) is 18.6. The number of aryl methyl sites for hydroxylation is 1. The lowest BCUT2D eigenvalue weighted by Crippen LogP contribution is -2.37. The van der Waals surface area contributed by atoms with Crippen molar-refractivity contribution in [3.8, 4) is 0 Å². The van der Waals surface area contributed by atoms with Crippen LogP contribution in [0.4, 0.5) is 11.4 Å². The standard InChI is InChI=1S/C19H21Cl3N2O3S/c1-3-4-5-13-6-8-14(9-7-13)23-19(25)12-24(28(2,26)27)18-11-16(21)15(20)10-17(18)22/h6-11H,3-5,12H2,1-2H3,(H,23,25). The molecule has 1 N–H and O–H groups in total. The van der Waals surface area contributed by atoms with Gasteiger partial charge in [-0.05, 0) is 42.7 Å². The molecule has 2 aromatic rings. The molecule has 0 radical (unpaired) electrons. The molecule has 0 aliphatic rings. The second-order valence-corrected chi connectivity index (χ2v) is 9.46. The third-order valence-electron chi connectivity index (χ3n) is 4.00. The molecular formula is C19H21Cl3N2O3S. The van der Waals surface area contributed by atoms with E-state index < -0.39 is 22.5 Å². The quantitative estimate of drug-likeness (QED) is 0.533. The van der Waals surface area contributed by atoms with E-state index in [1.54, 1.807) is 12.1 Å². The summed E-state index contributed by atoms with van der Waals surface area (Å²) in [4.78, 5) is 12.4. The molecule has 0 heterocycles. The first-order chi connectivity index (χ1) is 13.1. The summed E-state index contributed by atoms with van der Waals surface area (Å²) in [5.41, 5.74) is 1.85. The molecule has 0 fully saturated rings. The average molecular weight is 464 g/mol. The van der Waals surface area contributed by atoms with E-state index >= 15 is 0 Å². The Hall–Kier alpha value is -1.47. The highest BCUT2D eigenvalue weighted by atomic mass is 35.5. The predicted molar refractivity (Wildman–Crippen MR) is 117 cm³/mol. The highest BCUT2D eigenvalue weighted by Crippen LogP contribution is 2.35. The third-order valence-corrected chi connectivity index (χ3v) is 6.15. The minimum absolute atomic E-state index is 0.0768. The lowest BCUT2D eigenvalue weighted by Gasteiger charge is -2.23. The number of nitrogens with one attached hydrogen (secondary N) is 1. The van der Waals surface area contributed by atoms with Crippen LogP contribution in [0.3, 0.4) is 0 Å². The van der Waals surface area contributed by atoms with E-state index in [4.69, 9.17) is 34.8 Å². The third kappa shape index (κ3) is 6.27. The molecular weight excluding hydrogens is 443 g/mol. The highest BCUT2D eigenvalue weighted by molar-refractivity contribution is 7.92. The van der Waals surface area contributed by atoms with E-state index in [1.165, 1.54) is 17.7 Å². The van der Waals surface area contributed by atoms with Gasteiger partial charge in [-0.15, -0.1) is 0 Å². The normalized spacial score (nSPS) is 11.3. The average Bonchev–Trinajstić information content (AvgIpc) is 2.61. The van der Waals surface area contributed by atoms with Gasteiger partial charge in [-0.2, -0.15) is 0 Å². The van der Waals surface area contributed by atoms with Gasteiger partial charge in [0.25, 0.3) is 0 Å². The number of nitrogens with zero attached hydrogens (tertiary/aromatic N) is 1. The molecule has 1 amide bonds. The number of anilines is 2. The fourth-order valence-corrected chi connectivity index (χ4v) is 4.10. The fraction of sp³-hybridized carbons (Fsp3) is 0.316. The van der Waals surface area contributed by atoms with Crippen LogP contribution in [0.1, 0.15) is 25.3 Å². The first kappa shape index (κ1) is 22.8. The Bertz CT molecular complexity index is 948. The van der Waals surface area contributed by atoms with Gasteiger partial charge in [0.1, 0.15) is 6.54 Å². The molecule has 0 spiro atoms. The van der Waals surface area contributed by atoms with Crippen molar-refractivity contribution in [1.29, 1.82) is 0 Å². The molecule has 2 aromatic carbocycles. The summed E-state index contributed by atoms with van der Waals surface area (Å²) in [5, 5.41) is 3.10. The summed E-state index contributed by atoms with van der Waals surface area (Å²) in [6.45, 7) is 1.68. The summed E-state index contributed by atoms with van der Waals surface area (Å²) in [5.74, 6) is -0.506. The Labute approximate surface area is 180 Å². The minimum Gasteiger partial charge on any atom is -0.325 e. The van der Waals surface area contributed by atoms with E-state index in [2.05, 4.69) is 12.2 Å². The molecule has 28 heavy (non-hydrogen) atoms. The number of hydrogen-bond donors (Lipinski definition) is 1. The Morgan fingerprint density at radius 1 is 1.04 bits per heavy atom. The molecule has 0 aliphatic heterocycles. The fourth-order valence-electron chi connectivity index (χ4n) is 2.55. The summed E-state index contributed by atoms with van der Waals surface area (Å²) in [6.07, 6.45) is 4.17. The first-order valence-electron chi connectivity index (χ1n) is 8.63. The van der Waals surface area contributed by atoms with Gasteiger partial charge >= 0.3 is 0 Å². The maximum absolute atomic E-state index is 12.4. The predicted octanol–water partition coefficient (Wildman–Crippen LogP) is 5.39. The van der Waals surface area contributed by atoms with E-state index in [-0.39, 0.29) is 20.8 Å². The second-order valence-electron chi connectivity index (χ2n) is 6.34. The molecule has 0 saturated carbocycles. The van der Waals surface area contributed by atoms with Crippen molar-refractivity contribution in [3.63, 3.8) is 0 Å². The number of sulfonamides is 1. The molecule has 0 unspecified atom stereocenters. The van der Waals surface area contributed by atoms with Crippen molar-refractivity contribution in [1.82, 2.24) is 0 Å². The van der Waals surface area contributed by atoms with Crippen LogP contribution in [0.25, 0.3) is 0 Å². The van der Waals surface area contributed by atoms with E-state index in [0.717, 1.165) is 29.8 Å². The molecule has 0 aromatic heterocycles. The lowest BCUT2D eigenvalue weighted by molar-refractivity contribution is -0.114. The van der Waals surface area contributed by atoms with Gasteiger partial charge < -0.3 is 5.32 Å². The summed E-state index contributed by atoms with van der Waals surface area (Å²) in [7, 11) is -3.79. The van der Waals surface area contributed by atoms with Crippen LogP contribution in [0.2, 0.25) is 15.1 Å². The van der Waals surface area contributed by atoms with Crippen molar-refractivity contribution in [3.05, 3.63) is 57.0 Å². The molecule has 0 aliphatic carbocycles. The topological polar surface area (TPSA) is 66.5 Å². The van der Waals surface area contributed by atoms with Crippen molar-refractivity contribution >= 4 is 62.1 Å². The molecule has 0 saturated heterocycles. The zero-order valence-electron chi connectivity index (χ0n) is 15.5. The van der Waals surface area contributed by atoms with E-state index in [0.29, 0.717) is 5.69 Å². The van der Waals surface area contributed by atoms with Crippen molar-refractivity contribution in [2.45, 2.75) is 26.2 Å². The zero-order chi connectivity index (χ0) is 20.9. The van der Waals surface area contributed by atoms with Crippen molar-refractivity contribution < 1.29 is 13.2 Å². The number of benzene rings is 2. The van der Waals surface area contributed by atoms with Crippen LogP contribution in [0, 0.1) is 0 Å². The number of amides is 1. The van der Waals surface area contributed by atoms with Crippen LogP contribution in [-0.2, 0) is 21.2 Å². The van der Waals surface area contributed by atoms with E-state index in [9.17, 15) is 13.2 Å². The summed E-state index contributed by atoms with van der Waals surface area (Å²) < 4.78 is 25.3. The number of carbonyl (C=O) groups excluding carboxylic acids is 1. The van der Waals surface area contributed by atoms with Gasteiger partial charge in [-0.25, -0.2) is 8.42 Å². The molecule has 0 atom stereocenters. The maximum atomic E-state index is 12.4. The second kappa shape index (κ2) is 9.83. The largest absolute Gasteiger partial charge is 0.325 e. The van der Waals surface area contributed by atoms with Gasteiger partial charge in [0.15, 0.2) is 0 Å². The Balaban J connectivity index is 2.17. The number of unbranched alkanes of at least 4 members (excludes halogenated alkanes) is 1. The van der Waals surface area contributed by atoms with Crippen LogP contribution in [0.15, 0.2) is 36.4 Å². The van der Waals surface area contributed by atoms with Gasteiger partial charge in [0.2, 0.25) is 15.9 Å². The van der Waals surface area contributed by atoms with E-state index in [1.807, 2.05) is 12.1 Å². The number of hydrogen-bond acceptors (Lipinski definition) is 3. The summed E-state index contributed by atoms with van der Waals surface area (Å²) >= 11 is 18.0. The highest BCUT2D eigenvalue weighted by Gasteiger charge is 2.24. The van der Waals surface area contributed by atoms with Gasteiger partial charge in [0, 0.05) is 5.69 Å². The molecule has 152 valence electrons. The first-order valence-corrected chi connectivity index (χ1v) is 11.6. The number of carbonyl (C=O) groups is 1. The molecule has 5 nitrogen and oxygen atoms in total. The minimum atomic E-state index is -3.79. The molecule has 9 heteroatoms.